The number of benzene rings is 2. The van der Waals surface area contributed by atoms with Gasteiger partial charge in [-0.1, -0.05) is 11.8 Å². The van der Waals surface area contributed by atoms with Crippen LogP contribution >= 0.6 is 23.1 Å². The molecule has 0 spiro atoms. The standard InChI is InChI=1S/C25H22N4O2S2/c1-15-12-19(22-14-32-25(28-22)29-24(31)18-8-10-26-11-9-18)13-16(2)23(15)33-21-6-4-20(5-7-21)27-17(3)30/h4-14H,1-3H3,(H,27,30)(H,28,29,31). The van der Waals surface area contributed by atoms with Gasteiger partial charge in [-0.25, -0.2) is 4.98 Å². The monoisotopic (exact) mass is 474 g/mol. The van der Waals surface area contributed by atoms with Crippen LogP contribution in [0.25, 0.3) is 11.3 Å². The summed E-state index contributed by atoms with van der Waals surface area (Å²) in [6.45, 7) is 5.67. The summed E-state index contributed by atoms with van der Waals surface area (Å²) in [5.74, 6) is -0.290. The van der Waals surface area contributed by atoms with Crippen LogP contribution in [0.4, 0.5) is 10.8 Å². The molecule has 0 aliphatic rings. The minimum Gasteiger partial charge on any atom is -0.326 e. The smallest absolute Gasteiger partial charge is 0.257 e. The fraction of sp³-hybridized carbons (Fsp3) is 0.120. The molecule has 0 saturated carbocycles. The molecule has 2 heterocycles. The molecule has 33 heavy (non-hydrogen) atoms. The highest BCUT2D eigenvalue weighted by atomic mass is 32.2. The number of hydrogen-bond acceptors (Lipinski definition) is 6. The van der Waals surface area contributed by atoms with Gasteiger partial charge in [0.25, 0.3) is 5.91 Å². The third-order valence-electron chi connectivity index (χ3n) is 4.82. The van der Waals surface area contributed by atoms with Gasteiger partial charge in [0.05, 0.1) is 5.69 Å². The third kappa shape index (κ3) is 5.66. The number of nitrogens with one attached hydrogen (secondary N) is 2. The highest BCUT2D eigenvalue weighted by Gasteiger charge is 2.13. The highest BCUT2D eigenvalue weighted by molar-refractivity contribution is 7.99. The van der Waals surface area contributed by atoms with E-state index < -0.39 is 0 Å². The lowest BCUT2D eigenvalue weighted by atomic mass is 10.1. The third-order valence-corrected chi connectivity index (χ3v) is 6.93. The Hall–Kier alpha value is -3.49. The molecule has 0 aliphatic carbocycles. The van der Waals surface area contributed by atoms with Gasteiger partial charge < -0.3 is 5.32 Å². The maximum atomic E-state index is 12.4. The summed E-state index contributed by atoms with van der Waals surface area (Å²) in [7, 11) is 0. The predicted molar refractivity (Wildman–Crippen MR) is 134 cm³/mol. The van der Waals surface area contributed by atoms with E-state index >= 15 is 0 Å². The maximum absolute atomic E-state index is 12.4. The van der Waals surface area contributed by atoms with Crippen molar-refractivity contribution in [1.29, 1.82) is 0 Å². The number of carbonyl (C=O) groups is 2. The number of rotatable bonds is 6. The van der Waals surface area contributed by atoms with E-state index in [4.69, 9.17) is 0 Å². The first-order valence-corrected chi connectivity index (χ1v) is 11.9. The molecule has 0 radical (unpaired) electrons. The molecule has 2 aromatic heterocycles. The Morgan fingerprint density at radius 1 is 0.939 bits per heavy atom. The van der Waals surface area contributed by atoms with Crippen LogP contribution in [-0.4, -0.2) is 21.8 Å². The van der Waals surface area contributed by atoms with Gasteiger partial charge in [0, 0.05) is 51.3 Å². The molecule has 0 unspecified atom stereocenters. The van der Waals surface area contributed by atoms with E-state index in [0.717, 1.165) is 33.0 Å². The van der Waals surface area contributed by atoms with E-state index in [2.05, 4.69) is 46.6 Å². The van der Waals surface area contributed by atoms with Crippen molar-refractivity contribution >= 4 is 45.7 Å². The van der Waals surface area contributed by atoms with Crippen LogP contribution in [0, 0.1) is 13.8 Å². The molecule has 6 nitrogen and oxygen atoms in total. The lowest BCUT2D eigenvalue weighted by Gasteiger charge is -2.12. The van der Waals surface area contributed by atoms with Crippen LogP contribution in [0.15, 0.2) is 76.1 Å². The number of nitrogens with zero attached hydrogens (tertiary/aromatic N) is 2. The molecule has 0 aliphatic heterocycles. The first kappa shape index (κ1) is 22.7. The van der Waals surface area contributed by atoms with Crippen molar-refractivity contribution in [3.63, 3.8) is 0 Å². The second kappa shape index (κ2) is 9.97. The van der Waals surface area contributed by atoms with E-state index in [1.54, 1.807) is 36.3 Å². The van der Waals surface area contributed by atoms with Crippen molar-refractivity contribution in [3.05, 3.63) is 83.0 Å². The first-order chi connectivity index (χ1) is 15.9. The van der Waals surface area contributed by atoms with Gasteiger partial charge in [0.2, 0.25) is 5.91 Å². The number of carbonyl (C=O) groups excluding carboxylic acids is 2. The zero-order chi connectivity index (χ0) is 23.4. The SMILES string of the molecule is CC(=O)Nc1ccc(Sc2c(C)cc(-c3csc(NC(=O)c4ccncc4)n3)cc2C)cc1. The number of aryl methyl sites for hydroxylation is 2. The van der Waals surface area contributed by atoms with Crippen LogP contribution in [0.1, 0.15) is 28.4 Å². The highest BCUT2D eigenvalue weighted by Crippen LogP contribution is 2.37. The number of aromatic nitrogens is 2. The molecule has 4 aromatic rings. The van der Waals surface area contributed by atoms with Crippen LogP contribution in [-0.2, 0) is 4.79 Å². The van der Waals surface area contributed by atoms with Crippen molar-refractivity contribution < 1.29 is 9.59 Å². The van der Waals surface area contributed by atoms with E-state index in [1.807, 2.05) is 29.6 Å². The molecule has 2 amide bonds. The normalized spacial score (nSPS) is 10.6. The number of anilines is 2. The molecule has 2 N–H and O–H groups in total. The Morgan fingerprint density at radius 2 is 1.61 bits per heavy atom. The van der Waals surface area contributed by atoms with E-state index in [0.29, 0.717) is 10.7 Å². The minimum atomic E-state index is -0.207. The second-order valence-electron chi connectivity index (χ2n) is 7.47. The summed E-state index contributed by atoms with van der Waals surface area (Å²) in [6.07, 6.45) is 3.18. The van der Waals surface area contributed by atoms with Crippen LogP contribution in [0.3, 0.4) is 0 Å². The zero-order valence-corrected chi connectivity index (χ0v) is 20.0. The Labute approximate surface area is 200 Å². The van der Waals surface area contributed by atoms with Crippen molar-refractivity contribution in [2.45, 2.75) is 30.6 Å². The Balaban J connectivity index is 1.49. The summed E-state index contributed by atoms with van der Waals surface area (Å²) in [4.78, 5) is 34.4. The second-order valence-corrected chi connectivity index (χ2v) is 9.42. The molecule has 0 atom stereocenters. The minimum absolute atomic E-state index is 0.0835. The summed E-state index contributed by atoms with van der Waals surface area (Å²) < 4.78 is 0. The van der Waals surface area contributed by atoms with Gasteiger partial charge >= 0.3 is 0 Å². The number of hydrogen-bond donors (Lipinski definition) is 2. The molecule has 2 aromatic carbocycles. The van der Waals surface area contributed by atoms with Crippen LogP contribution in [0.2, 0.25) is 0 Å². The Bertz CT molecular complexity index is 1280. The summed E-state index contributed by atoms with van der Waals surface area (Å²) in [5, 5.41) is 8.14. The van der Waals surface area contributed by atoms with Crippen molar-refractivity contribution in [3.8, 4) is 11.3 Å². The van der Waals surface area contributed by atoms with E-state index in [9.17, 15) is 9.59 Å². The van der Waals surface area contributed by atoms with Gasteiger partial charge in [0.15, 0.2) is 5.13 Å². The molecular weight excluding hydrogens is 452 g/mol. The first-order valence-electron chi connectivity index (χ1n) is 10.2. The summed E-state index contributed by atoms with van der Waals surface area (Å²) in [5.41, 5.74) is 5.46. The molecular formula is C25H22N4O2S2. The topological polar surface area (TPSA) is 84.0 Å². The Morgan fingerprint density at radius 3 is 2.24 bits per heavy atom. The fourth-order valence-electron chi connectivity index (χ4n) is 3.32. The van der Waals surface area contributed by atoms with Crippen LogP contribution < -0.4 is 10.6 Å². The maximum Gasteiger partial charge on any atom is 0.257 e. The number of thiazole rings is 1. The molecule has 4 rings (SSSR count). The van der Waals surface area contributed by atoms with Crippen molar-refractivity contribution in [2.75, 3.05) is 10.6 Å². The molecule has 166 valence electrons. The van der Waals surface area contributed by atoms with Gasteiger partial charge in [-0.05, 0) is 73.5 Å². The lowest BCUT2D eigenvalue weighted by molar-refractivity contribution is -0.114. The molecule has 8 heteroatoms. The summed E-state index contributed by atoms with van der Waals surface area (Å²) in [6, 6.07) is 15.4. The van der Waals surface area contributed by atoms with Gasteiger partial charge in [-0.3, -0.25) is 19.9 Å². The largest absolute Gasteiger partial charge is 0.326 e. The Kier molecular flexibility index (Phi) is 6.86. The van der Waals surface area contributed by atoms with Crippen LogP contribution in [0.5, 0.6) is 0 Å². The average molecular weight is 475 g/mol. The quantitative estimate of drug-likeness (QED) is 0.348. The number of amides is 2. The van der Waals surface area contributed by atoms with Crippen molar-refractivity contribution in [1.82, 2.24) is 9.97 Å². The van der Waals surface area contributed by atoms with E-state index in [1.165, 1.54) is 23.2 Å². The summed E-state index contributed by atoms with van der Waals surface area (Å²) >= 11 is 3.09. The van der Waals surface area contributed by atoms with Gasteiger partial charge in [-0.2, -0.15) is 0 Å². The number of pyridine rings is 1. The fourth-order valence-corrected chi connectivity index (χ4v) is 4.99. The predicted octanol–water partition coefficient (Wildman–Crippen LogP) is 6.18. The average Bonchev–Trinajstić information content (AvgIpc) is 3.26. The molecule has 0 fully saturated rings. The van der Waals surface area contributed by atoms with E-state index in [-0.39, 0.29) is 11.8 Å². The molecule has 0 saturated heterocycles. The van der Waals surface area contributed by atoms with Gasteiger partial charge in [0.1, 0.15) is 0 Å². The lowest BCUT2D eigenvalue weighted by Crippen LogP contribution is -2.11. The zero-order valence-electron chi connectivity index (χ0n) is 18.4. The van der Waals surface area contributed by atoms with Gasteiger partial charge in [-0.15, -0.1) is 11.3 Å². The van der Waals surface area contributed by atoms with Crippen molar-refractivity contribution in [2.24, 2.45) is 0 Å². The molecule has 0 bridgehead atoms.